The summed E-state index contributed by atoms with van der Waals surface area (Å²) < 4.78 is 6.66. The predicted octanol–water partition coefficient (Wildman–Crippen LogP) is 5.94. The second-order valence-electron chi connectivity index (χ2n) is 6.67. The summed E-state index contributed by atoms with van der Waals surface area (Å²) in [4.78, 5) is 4.43. The Bertz CT molecular complexity index is 679. The highest BCUT2D eigenvalue weighted by molar-refractivity contribution is 9.10. The summed E-state index contributed by atoms with van der Waals surface area (Å²) in [5.41, 5.74) is 3.74. The Kier molecular flexibility index (Phi) is 6.35. The molecule has 4 heteroatoms. The molecule has 1 N–H and O–H groups in total. The third-order valence-electron chi connectivity index (χ3n) is 5.05. The maximum absolute atomic E-state index is 5.54. The number of pyridine rings is 1. The summed E-state index contributed by atoms with van der Waals surface area (Å²) in [6.45, 7) is 4.88. The van der Waals surface area contributed by atoms with Gasteiger partial charge in [-0.25, -0.2) is 0 Å². The average molecular weight is 403 g/mol. The van der Waals surface area contributed by atoms with Crippen LogP contribution in [0.2, 0.25) is 0 Å². The lowest BCUT2D eigenvalue weighted by Gasteiger charge is -2.30. The highest BCUT2D eigenvalue weighted by Gasteiger charge is 2.23. The van der Waals surface area contributed by atoms with Gasteiger partial charge >= 0.3 is 0 Å². The molecule has 0 aliphatic heterocycles. The van der Waals surface area contributed by atoms with Crippen LogP contribution in [0.25, 0.3) is 0 Å². The lowest BCUT2D eigenvalue weighted by atomic mass is 9.81. The summed E-state index contributed by atoms with van der Waals surface area (Å²) in [6.07, 6.45) is 7.71. The van der Waals surface area contributed by atoms with Crippen LogP contribution >= 0.6 is 15.9 Å². The number of anilines is 1. The van der Waals surface area contributed by atoms with Gasteiger partial charge in [0, 0.05) is 12.2 Å². The Balaban J connectivity index is 1.57. The van der Waals surface area contributed by atoms with Gasteiger partial charge in [0.15, 0.2) is 0 Å². The molecular formula is C21H27BrN2O. The lowest BCUT2D eigenvalue weighted by Crippen LogP contribution is -2.25. The van der Waals surface area contributed by atoms with Crippen molar-refractivity contribution in [2.75, 3.05) is 11.9 Å². The minimum absolute atomic E-state index is 0.544. The quantitative estimate of drug-likeness (QED) is 0.648. The SMILES string of the molecule is CCOc1ccc(C2CCC(Nc3ccnc(CC)c3Br)CC2)cc1. The first-order valence-corrected chi connectivity index (χ1v) is 10.1. The molecule has 0 radical (unpaired) electrons. The van der Waals surface area contributed by atoms with Crippen molar-refractivity contribution in [2.45, 2.75) is 57.9 Å². The van der Waals surface area contributed by atoms with E-state index in [1.165, 1.54) is 36.9 Å². The minimum Gasteiger partial charge on any atom is -0.494 e. The predicted molar refractivity (Wildman–Crippen MR) is 108 cm³/mol. The number of hydrogen-bond donors (Lipinski definition) is 1. The van der Waals surface area contributed by atoms with Gasteiger partial charge in [0.2, 0.25) is 0 Å². The van der Waals surface area contributed by atoms with E-state index in [1.807, 2.05) is 13.1 Å². The van der Waals surface area contributed by atoms with Gasteiger partial charge in [0.1, 0.15) is 5.75 Å². The molecule has 1 aliphatic carbocycles. The van der Waals surface area contributed by atoms with E-state index in [2.05, 4.69) is 63.5 Å². The molecule has 1 aromatic carbocycles. The van der Waals surface area contributed by atoms with Crippen LogP contribution in [0.3, 0.4) is 0 Å². The van der Waals surface area contributed by atoms with Gasteiger partial charge in [-0.1, -0.05) is 19.1 Å². The normalized spacial score (nSPS) is 20.3. The second kappa shape index (κ2) is 8.70. The molecule has 0 amide bonds. The lowest BCUT2D eigenvalue weighted by molar-refractivity contribution is 0.340. The molecule has 134 valence electrons. The van der Waals surface area contributed by atoms with Crippen LogP contribution < -0.4 is 10.1 Å². The third kappa shape index (κ3) is 4.55. The van der Waals surface area contributed by atoms with E-state index < -0.39 is 0 Å². The van der Waals surface area contributed by atoms with Crippen LogP contribution in [-0.4, -0.2) is 17.6 Å². The molecule has 0 bridgehead atoms. The molecule has 1 aliphatic rings. The molecule has 0 spiro atoms. The maximum Gasteiger partial charge on any atom is 0.119 e. The molecule has 0 saturated heterocycles. The fourth-order valence-corrected chi connectivity index (χ4v) is 4.27. The number of ether oxygens (including phenoxy) is 1. The third-order valence-corrected chi connectivity index (χ3v) is 5.93. The Morgan fingerprint density at radius 2 is 1.80 bits per heavy atom. The van der Waals surface area contributed by atoms with Crippen molar-refractivity contribution in [1.82, 2.24) is 4.98 Å². The Morgan fingerprint density at radius 3 is 2.44 bits per heavy atom. The summed E-state index contributed by atoms with van der Waals surface area (Å²) in [7, 11) is 0. The highest BCUT2D eigenvalue weighted by atomic mass is 79.9. The molecule has 25 heavy (non-hydrogen) atoms. The fourth-order valence-electron chi connectivity index (χ4n) is 3.64. The molecule has 0 unspecified atom stereocenters. The van der Waals surface area contributed by atoms with Gasteiger partial charge in [0.05, 0.1) is 22.5 Å². The standard InChI is InChI=1S/C21H27BrN2O/c1-3-19-21(22)20(13-14-23-19)24-17-9-5-15(6-10-17)16-7-11-18(12-8-16)25-4-2/h7-8,11-15,17H,3-6,9-10H2,1-2H3,(H,23,24). The summed E-state index contributed by atoms with van der Waals surface area (Å²) in [6, 6.07) is 11.3. The van der Waals surface area contributed by atoms with Gasteiger partial charge in [-0.3, -0.25) is 4.98 Å². The van der Waals surface area contributed by atoms with Crippen molar-refractivity contribution in [1.29, 1.82) is 0 Å². The summed E-state index contributed by atoms with van der Waals surface area (Å²) in [5.74, 6) is 1.64. The number of halogens is 1. The first kappa shape index (κ1) is 18.2. The number of hydrogen-bond acceptors (Lipinski definition) is 3. The zero-order chi connectivity index (χ0) is 17.6. The molecule has 1 fully saturated rings. The van der Waals surface area contributed by atoms with Gasteiger partial charge in [-0.2, -0.15) is 0 Å². The van der Waals surface area contributed by atoms with Crippen LogP contribution in [0.1, 0.15) is 56.7 Å². The monoisotopic (exact) mass is 402 g/mol. The van der Waals surface area contributed by atoms with Crippen molar-refractivity contribution in [3.05, 3.63) is 52.3 Å². The van der Waals surface area contributed by atoms with Crippen molar-refractivity contribution < 1.29 is 4.74 Å². The van der Waals surface area contributed by atoms with Crippen molar-refractivity contribution in [3.63, 3.8) is 0 Å². The number of rotatable bonds is 6. The van der Waals surface area contributed by atoms with Crippen LogP contribution in [-0.2, 0) is 6.42 Å². The van der Waals surface area contributed by atoms with E-state index in [-0.39, 0.29) is 0 Å². The molecule has 2 aromatic rings. The Labute approximate surface area is 159 Å². The number of nitrogens with zero attached hydrogens (tertiary/aromatic N) is 1. The number of nitrogens with one attached hydrogen (secondary N) is 1. The molecule has 1 aromatic heterocycles. The van der Waals surface area contributed by atoms with Gasteiger partial charge in [-0.15, -0.1) is 0 Å². The van der Waals surface area contributed by atoms with E-state index >= 15 is 0 Å². The largest absolute Gasteiger partial charge is 0.494 e. The van der Waals surface area contributed by atoms with E-state index in [4.69, 9.17) is 4.74 Å². The topological polar surface area (TPSA) is 34.1 Å². The summed E-state index contributed by atoms with van der Waals surface area (Å²) >= 11 is 3.70. The van der Waals surface area contributed by atoms with Crippen LogP contribution in [0.4, 0.5) is 5.69 Å². The van der Waals surface area contributed by atoms with Crippen LogP contribution in [0.15, 0.2) is 41.0 Å². The average Bonchev–Trinajstić information content (AvgIpc) is 2.65. The molecule has 3 rings (SSSR count). The zero-order valence-corrected chi connectivity index (χ0v) is 16.7. The van der Waals surface area contributed by atoms with Crippen molar-refractivity contribution in [2.24, 2.45) is 0 Å². The molecule has 1 heterocycles. The number of aryl methyl sites for hydroxylation is 1. The fraction of sp³-hybridized carbons (Fsp3) is 0.476. The highest BCUT2D eigenvalue weighted by Crippen LogP contribution is 2.36. The van der Waals surface area contributed by atoms with E-state index in [0.29, 0.717) is 12.0 Å². The Hall–Kier alpha value is -1.55. The summed E-state index contributed by atoms with van der Waals surface area (Å²) in [5, 5.41) is 3.71. The van der Waals surface area contributed by atoms with Crippen molar-refractivity contribution in [3.8, 4) is 5.75 Å². The number of benzene rings is 1. The minimum atomic E-state index is 0.544. The van der Waals surface area contributed by atoms with E-state index in [9.17, 15) is 0 Å². The van der Waals surface area contributed by atoms with Gasteiger partial charge in [-0.05, 0) is 84.6 Å². The molecule has 1 saturated carbocycles. The van der Waals surface area contributed by atoms with Crippen LogP contribution in [0.5, 0.6) is 5.75 Å². The molecule has 3 nitrogen and oxygen atoms in total. The zero-order valence-electron chi connectivity index (χ0n) is 15.1. The first-order valence-electron chi connectivity index (χ1n) is 9.34. The van der Waals surface area contributed by atoms with Gasteiger partial charge < -0.3 is 10.1 Å². The van der Waals surface area contributed by atoms with E-state index in [1.54, 1.807) is 0 Å². The maximum atomic E-state index is 5.54. The molecular weight excluding hydrogens is 376 g/mol. The Morgan fingerprint density at radius 1 is 1.08 bits per heavy atom. The smallest absolute Gasteiger partial charge is 0.119 e. The van der Waals surface area contributed by atoms with E-state index in [0.717, 1.165) is 28.9 Å². The van der Waals surface area contributed by atoms with Crippen molar-refractivity contribution >= 4 is 21.6 Å². The second-order valence-corrected chi connectivity index (χ2v) is 7.46. The first-order chi connectivity index (χ1) is 12.2. The number of aromatic nitrogens is 1. The van der Waals surface area contributed by atoms with Gasteiger partial charge in [0.25, 0.3) is 0 Å². The van der Waals surface area contributed by atoms with Crippen LogP contribution in [0, 0.1) is 0 Å². The molecule has 0 atom stereocenters.